The Morgan fingerprint density at radius 2 is 1.95 bits per heavy atom. The number of hydrogen-bond acceptors (Lipinski definition) is 10. The van der Waals surface area contributed by atoms with Crippen molar-refractivity contribution in [2.24, 2.45) is 0 Å². The van der Waals surface area contributed by atoms with E-state index in [1.807, 2.05) is 18.7 Å². The van der Waals surface area contributed by atoms with E-state index in [-0.39, 0.29) is 17.7 Å². The van der Waals surface area contributed by atoms with Gasteiger partial charge in [0, 0.05) is 42.1 Å². The average molecular weight is 648 g/mol. The van der Waals surface area contributed by atoms with E-state index in [4.69, 9.17) is 43.3 Å². The second-order valence-corrected chi connectivity index (χ2v) is 11.8. The van der Waals surface area contributed by atoms with Crippen molar-refractivity contribution in [2.75, 3.05) is 36.5 Å². The van der Waals surface area contributed by atoms with Gasteiger partial charge in [-0.05, 0) is 38.5 Å². The summed E-state index contributed by atoms with van der Waals surface area (Å²) in [5.74, 6) is -1.03. The van der Waals surface area contributed by atoms with Crippen LogP contribution in [0.1, 0.15) is 49.2 Å². The zero-order chi connectivity index (χ0) is 31.8. The van der Waals surface area contributed by atoms with E-state index >= 15 is 0 Å². The van der Waals surface area contributed by atoms with Crippen molar-refractivity contribution in [1.82, 2.24) is 25.3 Å². The van der Waals surface area contributed by atoms with Crippen LogP contribution in [0.15, 0.2) is 30.0 Å². The maximum absolute atomic E-state index is 13.5. The monoisotopic (exact) mass is 646 g/mol. The fourth-order valence-electron chi connectivity index (χ4n) is 5.24. The second kappa shape index (κ2) is 12.8. The Hall–Kier alpha value is -3.61. The number of hydrogen-bond donors (Lipinski definition) is 3. The number of aliphatic hydroxyl groups excluding tert-OH is 1. The molecule has 44 heavy (non-hydrogen) atoms. The van der Waals surface area contributed by atoms with Crippen molar-refractivity contribution in [3.63, 3.8) is 0 Å². The summed E-state index contributed by atoms with van der Waals surface area (Å²) in [6.07, 6.45) is 2.54. The van der Waals surface area contributed by atoms with Crippen LogP contribution < -0.4 is 19.9 Å². The SMILES string of the molecule is CCC[C@@H](O)COc1ccc(Cl)c(-c2nc(/C(NC)=C(\C)C(=N)Cl)c(C)c(N3Cc4cnc(N5CC(F)(F)C5)nc4C3)n2)c1. The quantitative estimate of drug-likeness (QED) is 0.229. The predicted molar refractivity (Wildman–Crippen MR) is 168 cm³/mol. The van der Waals surface area contributed by atoms with Gasteiger partial charge >= 0.3 is 0 Å². The summed E-state index contributed by atoms with van der Waals surface area (Å²) in [4.78, 5) is 22.2. The number of anilines is 2. The normalized spacial score (nSPS) is 16.7. The first kappa shape index (κ1) is 31.8. The molecule has 0 radical (unpaired) electrons. The maximum Gasteiger partial charge on any atom is 0.282 e. The number of allylic oxidation sites excluding steroid dienone is 1. The number of alkyl halides is 2. The van der Waals surface area contributed by atoms with Gasteiger partial charge in [-0.25, -0.2) is 28.7 Å². The molecule has 10 nitrogen and oxygen atoms in total. The van der Waals surface area contributed by atoms with Gasteiger partial charge in [-0.1, -0.05) is 36.5 Å². The molecule has 5 rings (SSSR count). The number of rotatable bonds is 11. The minimum Gasteiger partial charge on any atom is -0.491 e. The molecule has 2 aliphatic rings. The lowest BCUT2D eigenvalue weighted by atomic mass is 10.1. The van der Waals surface area contributed by atoms with Crippen LogP contribution >= 0.6 is 23.2 Å². The fourth-order valence-corrected chi connectivity index (χ4v) is 5.54. The number of fused-ring (bicyclic) bond motifs is 1. The second-order valence-electron chi connectivity index (χ2n) is 11.0. The molecule has 14 heteroatoms. The molecular weight excluding hydrogens is 613 g/mol. The van der Waals surface area contributed by atoms with Gasteiger partial charge in [0.2, 0.25) is 5.95 Å². The molecule has 1 fully saturated rings. The maximum atomic E-state index is 13.5. The van der Waals surface area contributed by atoms with Crippen molar-refractivity contribution in [1.29, 1.82) is 5.41 Å². The predicted octanol–water partition coefficient (Wildman–Crippen LogP) is 5.58. The topological polar surface area (TPSA) is 123 Å². The first-order chi connectivity index (χ1) is 20.9. The highest BCUT2D eigenvalue weighted by molar-refractivity contribution is 6.69. The summed E-state index contributed by atoms with van der Waals surface area (Å²) in [6, 6.07) is 5.15. The number of nitrogens with one attached hydrogen (secondary N) is 2. The summed E-state index contributed by atoms with van der Waals surface area (Å²) in [5.41, 5.74) is 4.41. The summed E-state index contributed by atoms with van der Waals surface area (Å²) in [5, 5.41) is 21.6. The summed E-state index contributed by atoms with van der Waals surface area (Å²) < 4.78 is 32.8. The number of aliphatic hydroxyl groups is 1. The van der Waals surface area contributed by atoms with Gasteiger partial charge in [-0.3, -0.25) is 5.41 Å². The average Bonchev–Trinajstić information content (AvgIpc) is 3.40. The Morgan fingerprint density at radius 1 is 1.20 bits per heavy atom. The van der Waals surface area contributed by atoms with E-state index in [0.717, 1.165) is 23.2 Å². The molecule has 3 N–H and O–H groups in total. The van der Waals surface area contributed by atoms with Crippen molar-refractivity contribution >= 4 is 45.8 Å². The molecule has 0 bridgehead atoms. The lowest BCUT2D eigenvalue weighted by molar-refractivity contribution is -0.0272. The van der Waals surface area contributed by atoms with Gasteiger partial charge in [0.15, 0.2) is 5.82 Å². The summed E-state index contributed by atoms with van der Waals surface area (Å²) in [7, 11) is 1.73. The molecular formula is C30H34Cl2F2N8O2. The van der Waals surface area contributed by atoms with Gasteiger partial charge < -0.3 is 25.0 Å². The Morgan fingerprint density at radius 3 is 2.61 bits per heavy atom. The third-order valence-corrected chi connectivity index (χ3v) is 8.24. The zero-order valence-electron chi connectivity index (χ0n) is 24.9. The molecule has 2 aliphatic heterocycles. The molecule has 1 saturated heterocycles. The van der Waals surface area contributed by atoms with E-state index < -0.39 is 25.1 Å². The van der Waals surface area contributed by atoms with Crippen molar-refractivity contribution in [3.05, 3.63) is 57.5 Å². The lowest BCUT2D eigenvalue weighted by Crippen LogP contribution is -2.57. The van der Waals surface area contributed by atoms with Gasteiger partial charge in [0.1, 0.15) is 23.3 Å². The van der Waals surface area contributed by atoms with Crippen molar-refractivity contribution in [3.8, 4) is 17.1 Å². The summed E-state index contributed by atoms with van der Waals surface area (Å²) >= 11 is 12.8. The first-order valence-corrected chi connectivity index (χ1v) is 15.0. The Labute approximate surface area is 264 Å². The number of halogens is 4. The van der Waals surface area contributed by atoms with Crippen LogP contribution in [0.4, 0.5) is 20.5 Å². The minimum atomic E-state index is -2.73. The minimum absolute atomic E-state index is 0.133. The molecule has 3 aromatic rings. The smallest absolute Gasteiger partial charge is 0.282 e. The highest BCUT2D eigenvalue weighted by atomic mass is 35.5. The Kier molecular flexibility index (Phi) is 9.24. The number of aromatic nitrogens is 4. The van der Waals surface area contributed by atoms with Gasteiger partial charge in [-0.2, -0.15) is 0 Å². The fraction of sp³-hybridized carbons (Fsp3) is 0.433. The van der Waals surface area contributed by atoms with Gasteiger partial charge in [-0.15, -0.1) is 0 Å². The van der Waals surface area contributed by atoms with Crippen LogP contribution in [0.2, 0.25) is 5.02 Å². The number of ether oxygens (including phenoxy) is 1. The molecule has 0 spiro atoms. The lowest BCUT2D eigenvalue weighted by Gasteiger charge is -2.38. The van der Waals surface area contributed by atoms with Crippen LogP contribution in [0, 0.1) is 12.3 Å². The van der Waals surface area contributed by atoms with E-state index in [9.17, 15) is 13.9 Å². The van der Waals surface area contributed by atoms with Crippen LogP contribution in [0.25, 0.3) is 17.1 Å². The highest BCUT2D eigenvalue weighted by Gasteiger charge is 2.45. The molecule has 0 amide bonds. The molecule has 0 unspecified atom stereocenters. The molecule has 234 valence electrons. The van der Waals surface area contributed by atoms with Gasteiger partial charge in [0.05, 0.1) is 47.8 Å². The zero-order valence-corrected chi connectivity index (χ0v) is 26.4. The van der Waals surface area contributed by atoms with Crippen LogP contribution in [-0.4, -0.2) is 69.0 Å². The third kappa shape index (κ3) is 6.57. The Balaban J connectivity index is 1.55. The molecule has 1 aromatic carbocycles. The standard InChI is InChI=1S/C30H34Cl2F2N8O2/c1-5-6-19(43)13-44-20-7-8-22(31)21(9-20)27-39-25(24(36-4)16(2)26(32)35)17(3)28(40-27)41-11-18-10-37-29(38-23(18)12-41)42-14-30(33,34)15-42/h7-10,19,35-36,43H,5-6,11-15H2,1-4H3/b24-16-,35-26?/t19-/m1/s1. The molecule has 1 atom stereocenters. The first-order valence-electron chi connectivity index (χ1n) is 14.3. The van der Waals surface area contributed by atoms with Crippen LogP contribution in [-0.2, 0) is 13.1 Å². The van der Waals surface area contributed by atoms with E-state index in [0.29, 0.717) is 64.5 Å². The molecule has 0 aliphatic carbocycles. The Bertz CT molecular complexity index is 1610. The van der Waals surface area contributed by atoms with E-state index in [1.54, 1.807) is 38.4 Å². The highest BCUT2D eigenvalue weighted by Crippen LogP contribution is 2.37. The van der Waals surface area contributed by atoms with Crippen LogP contribution in [0.5, 0.6) is 5.75 Å². The number of benzene rings is 1. The number of nitrogens with zero attached hydrogens (tertiary/aromatic N) is 6. The molecule has 2 aromatic heterocycles. The molecule has 0 saturated carbocycles. The van der Waals surface area contributed by atoms with E-state index in [1.165, 1.54) is 4.90 Å². The van der Waals surface area contributed by atoms with Crippen LogP contribution in [0.3, 0.4) is 0 Å². The van der Waals surface area contributed by atoms with Gasteiger partial charge in [0.25, 0.3) is 5.92 Å². The van der Waals surface area contributed by atoms with E-state index in [2.05, 4.69) is 15.3 Å². The summed E-state index contributed by atoms with van der Waals surface area (Å²) in [6.45, 7) is 5.76. The van der Waals surface area contributed by atoms with Crippen molar-refractivity contribution in [2.45, 2.75) is 58.7 Å². The largest absolute Gasteiger partial charge is 0.491 e. The van der Waals surface area contributed by atoms with Crippen molar-refractivity contribution < 1.29 is 18.6 Å². The molecule has 4 heterocycles. The third-order valence-electron chi connectivity index (χ3n) is 7.62.